The van der Waals surface area contributed by atoms with Crippen molar-refractivity contribution in [2.45, 2.75) is 31.9 Å². The van der Waals surface area contributed by atoms with E-state index in [9.17, 15) is 13.6 Å². The number of aryl methyl sites for hydroxylation is 1. The van der Waals surface area contributed by atoms with Crippen LogP contribution in [0, 0.1) is 6.92 Å². The second kappa shape index (κ2) is 6.50. The highest BCUT2D eigenvalue weighted by Crippen LogP contribution is 2.26. The molecule has 1 amide bonds. The molecule has 1 aliphatic heterocycles. The highest BCUT2D eigenvalue weighted by molar-refractivity contribution is 5.85. The van der Waals surface area contributed by atoms with Crippen LogP contribution >= 0.6 is 12.4 Å². The first kappa shape index (κ1) is 16.9. The van der Waals surface area contributed by atoms with Gasteiger partial charge in [-0.1, -0.05) is 24.3 Å². The van der Waals surface area contributed by atoms with Gasteiger partial charge in [-0.2, -0.15) is 0 Å². The van der Waals surface area contributed by atoms with Crippen molar-refractivity contribution >= 4 is 18.3 Å². The second-order valence-electron chi connectivity index (χ2n) is 5.11. The van der Waals surface area contributed by atoms with E-state index in [0.717, 1.165) is 11.1 Å². The van der Waals surface area contributed by atoms with Crippen molar-refractivity contribution in [1.82, 2.24) is 10.2 Å². The van der Waals surface area contributed by atoms with E-state index in [2.05, 4.69) is 5.32 Å². The first-order chi connectivity index (χ1) is 8.89. The van der Waals surface area contributed by atoms with Crippen LogP contribution in [-0.4, -0.2) is 36.4 Å². The quantitative estimate of drug-likeness (QED) is 0.930. The van der Waals surface area contributed by atoms with Crippen LogP contribution in [0.25, 0.3) is 0 Å². The lowest BCUT2D eigenvalue weighted by Crippen LogP contribution is -2.41. The number of hydrogen-bond donors (Lipinski definition) is 1. The monoisotopic (exact) mass is 304 g/mol. The van der Waals surface area contributed by atoms with Gasteiger partial charge < -0.3 is 4.90 Å². The zero-order valence-corrected chi connectivity index (χ0v) is 12.3. The zero-order valence-electron chi connectivity index (χ0n) is 11.5. The summed E-state index contributed by atoms with van der Waals surface area (Å²) >= 11 is 0. The molecule has 0 radical (unpaired) electrons. The maximum absolute atomic E-state index is 13.1. The van der Waals surface area contributed by atoms with E-state index in [0.29, 0.717) is 6.54 Å². The van der Waals surface area contributed by atoms with Gasteiger partial charge in [-0.05, 0) is 18.1 Å². The predicted octanol–water partition coefficient (Wildman–Crippen LogP) is 2.37. The third-order valence-electron chi connectivity index (χ3n) is 3.45. The molecule has 0 aliphatic carbocycles. The average Bonchev–Trinajstić information content (AvgIpc) is 2.71. The standard InChI is InChI=1S/C14H18F2N2O.ClH/c1-10-5-3-4-6-11(10)8-18(2)13(19)12-7-14(15,16)9-17-12;/h3-6,12,17H,7-9H2,1-2H3;1H. The van der Waals surface area contributed by atoms with E-state index < -0.39 is 24.9 Å². The van der Waals surface area contributed by atoms with Crippen LogP contribution in [0.2, 0.25) is 0 Å². The van der Waals surface area contributed by atoms with Gasteiger partial charge in [0.25, 0.3) is 5.92 Å². The van der Waals surface area contributed by atoms with Gasteiger partial charge in [0.2, 0.25) is 5.91 Å². The van der Waals surface area contributed by atoms with Gasteiger partial charge in [-0.15, -0.1) is 12.4 Å². The summed E-state index contributed by atoms with van der Waals surface area (Å²) in [5.41, 5.74) is 2.12. The van der Waals surface area contributed by atoms with E-state index in [-0.39, 0.29) is 18.3 Å². The average molecular weight is 305 g/mol. The Hall–Kier alpha value is -1.20. The summed E-state index contributed by atoms with van der Waals surface area (Å²) in [5, 5.41) is 2.59. The summed E-state index contributed by atoms with van der Waals surface area (Å²) in [6.45, 7) is 1.99. The summed E-state index contributed by atoms with van der Waals surface area (Å²) in [6, 6.07) is 6.97. The fraction of sp³-hybridized carbons (Fsp3) is 0.500. The number of carbonyl (C=O) groups excluding carboxylic acids is 1. The Morgan fingerprint density at radius 3 is 2.65 bits per heavy atom. The molecule has 1 aromatic carbocycles. The minimum absolute atomic E-state index is 0. The molecule has 1 fully saturated rings. The van der Waals surface area contributed by atoms with Crippen molar-refractivity contribution in [3.05, 3.63) is 35.4 Å². The van der Waals surface area contributed by atoms with Gasteiger partial charge >= 0.3 is 0 Å². The molecule has 1 heterocycles. The number of likely N-dealkylation sites (N-methyl/N-ethyl adjacent to an activating group) is 1. The number of nitrogens with zero attached hydrogens (tertiary/aromatic N) is 1. The normalized spacial score (nSPS) is 20.3. The largest absolute Gasteiger partial charge is 0.340 e. The molecule has 0 bridgehead atoms. The Labute approximate surface area is 123 Å². The summed E-state index contributed by atoms with van der Waals surface area (Å²) in [5.74, 6) is -3.05. The summed E-state index contributed by atoms with van der Waals surface area (Å²) in [7, 11) is 1.65. The van der Waals surface area contributed by atoms with E-state index in [4.69, 9.17) is 0 Å². The maximum Gasteiger partial charge on any atom is 0.262 e. The van der Waals surface area contributed by atoms with E-state index in [1.54, 1.807) is 7.05 Å². The third kappa shape index (κ3) is 3.90. The van der Waals surface area contributed by atoms with Crippen LogP contribution in [-0.2, 0) is 11.3 Å². The number of hydrogen-bond acceptors (Lipinski definition) is 2. The van der Waals surface area contributed by atoms with Crippen LogP contribution in [0.4, 0.5) is 8.78 Å². The molecule has 1 aromatic rings. The molecule has 3 nitrogen and oxygen atoms in total. The van der Waals surface area contributed by atoms with E-state index >= 15 is 0 Å². The molecule has 112 valence electrons. The molecule has 1 aliphatic rings. The van der Waals surface area contributed by atoms with E-state index in [1.165, 1.54) is 4.90 Å². The lowest BCUT2D eigenvalue weighted by molar-refractivity contribution is -0.132. The lowest BCUT2D eigenvalue weighted by Gasteiger charge is -2.22. The Balaban J connectivity index is 0.00000200. The van der Waals surface area contributed by atoms with Crippen molar-refractivity contribution in [3.63, 3.8) is 0 Å². The SMILES string of the molecule is Cc1ccccc1CN(C)C(=O)C1CC(F)(F)CN1.Cl. The molecule has 0 saturated carbocycles. The minimum Gasteiger partial charge on any atom is -0.340 e. The molecule has 2 rings (SSSR count). The topological polar surface area (TPSA) is 32.3 Å². The van der Waals surface area contributed by atoms with Gasteiger partial charge in [0, 0.05) is 20.0 Å². The van der Waals surface area contributed by atoms with Crippen LogP contribution in [0.3, 0.4) is 0 Å². The molecule has 1 atom stereocenters. The predicted molar refractivity (Wildman–Crippen MR) is 76.3 cm³/mol. The molecule has 1 N–H and O–H groups in total. The van der Waals surface area contributed by atoms with Gasteiger partial charge in [-0.3, -0.25) is 10.1 Å². The summed E-state index contributed by atoms with van der Waals surface area (Å²) in [6.07, 6.45) is -0.413. The number of alkyl halides is 2. The van der Waals surface area contributed by atoms with E-state index in [1.807, 2.05) is 31.2 Å². The number of carbonyl (C=O) groups is 1. The fourth-order valence-corrected chi connectivity index (χ4v) is 2.28. The fourth-order valence-electron chi connectivity index (χ4n) is 2.28. The first-order valence-corrected chi connectivity index (χ1v) is 6.30. The molecular weight excluding hydrogens is 286 g/mol. The summed E-state index contributed by atoms with van der Waals surface area (Å²) < 4.78 is 26.2. The Morgan fingerprint density at radius 1 is 1.45 bits per heavy atom. The van der Waals surface area contributed by atoms with Crippen molar-refractivity contribution in [1.29, 1.82) is 0 Å². The number of amides is 1. The van der Waals surface area contributed by atoms with Crippen molar-refractivity contribution in [2.24, 2.45) is 0 Å². The van der Waals surface area contributed by atoms with Gasteiger partial charge in [0.05, 0.1) is 12.6 Å². The zero-order chi connectivity index (χ0) is 14.0. The molecule has 0 spiro atoms. The molecule has 1 saturated heterocycles. The number of halogens is 3. The van der Waals surface area contributed by atoms with Crippen LogP contribution in [0.5, 0.6) is 0 Å². The van der Waals surface area contributed by atoms with Gasteiger partial charge in [-0.25, -0.2) is 8.78 Å². The summed E-state index contributed by atoms with van der Waals surface area (Å²) in [4.78, 5) is 13.6. The molecule has 1 unspecified atom stereocenters. The molecule has 0 aromatic heterocycles. The van der Waals surface area contributed by atoms with Crippen LogP contribution < -0.4 is 5.32 Å². The van der Waals surface area contributed by atoms with Crippen LogP contribution in [0.1, 0.15) is 17.5 Å². The first-order valence-electron chi connectivity index (χ1n) is 6.30. The van der Waals surface area contributed by atoms with Crippen LogP contribution in [0.15, 0.2) is 24.3 Å². The minimum atomic E-state index is -2.77. The lowest BCUT2D eigenvalue weighted by atomic mass is 10.1. The Morgan fingerprint density at radius 2 is 2.10 bits per heavy atom. The highest BCUT2D eigenvalue weighted by atomic mass is 35.5. The molecule has 20 heavy (non-hydrogen) atoms. The smallest absolute Gasteiger partial charge is 0.262 e. The number of rotatable bonds is 3. The van der Waals surface area contributed by atoms with Gasteiger partial charge in [0.15, 0.2) is 0 Å². The highest BCUT2D eigenvalue weighted by Gasteiger charge is 2.43. The third-order valence-corrected chi connectivity index (χ3v) is 3.45. The van der Waals surface area contributed by atoms with Crippen molar-refractivity contribution in [2.75, 3.05) is 13.6 Å². The Bertz CT molecular complexity index is 482. The van der Waals surface area contributed by atoms with Crippen molar-refractivity contribution < 1.29 is 13.6 Å². The Kier molecular flexibility index (Phi) is 5.48. The van der Waals surface area contributed by atoms with Crippen molar-refractivity contribution in [3.8, 4) is 0 Å². The van der Waals surface area contributed by atoms with Gasteiger partial charge in [0.1, 0.15) is 0 Å². The molecular formula is C14H19ClF2N2O. The number of nitrogens with one attached hydrogen (secondary N) is 1. The number of benzene rings is 1. The maximum atomic E-state index is 13.1. The second-order valence-corrected chi connectivity index (χ2v) is 5.11. The molecule has 6 heteroatoms.